The zero-order valence-corrected chi connectivity index (χ0v) is 17.8. The standard InChI is InChI=1S/C23H29ClN4O2/c24-17-7-5-16(6-8-17)13-27-11-9-18(10-12-27)26-20-14-28(15-22(20)29)21-4-2-1-3-19(21)23(25)30/h1-8,18,20,22,26,29H,9-15H2,(H2,25,30). The molecule has 4 N–H and O–H groups in total. The van der Waals surface area contributed by atoms with Gasteiger partial charge in [-0.05, 0) is 55.8 Å². The molecule has 2 aliphatic rings. The van der Waals surface area contributed by atoms with E-state index in [-0.39, 0.29) is 6.04 Å². The van der Waals surface area contributed by atoms with Crippen LogP contribution >= 0.6 is 11.6 Å². The first kappa shape index (κ1) is 21.1. The number of carbonyl (C=O) groups is 1. The Balaban J connectivity index is 1.29. The van der Waals surface area contributed by atoms with E-state index in [0.717, 1.165) is 43.2 Å². The number of benzene rings is 2. The topological polar surface area (TPSA) is 81.8 Å². The van der Waals surface area contributed by atoms with Crippen LogP contribution in [0.3, 0.4) is 0 Å². The Morgan fingerprint density at radius 3 is 2.50 bits per heavy atom. The number of aliphatic hydroxyl groups excluding tert-OH is 1. The van der Waals surface area contributed by atoms with Gasteiger partial charge in [0, 0.05) is 36.4 Å². The van der Waals surface area contributed by atoms with Gasteiger partial charge < -0.3 is 21.1 Å². The van der Waals surface area contributed by atoms with Gasteiger partial charge in [0.25, 0.3) is 5.91 Å². The number of nitrogens with two attached hydrogens (primary N) is 1. The van der Waals surface area contributed by atoms with E-state index in [2.05, 4.69) is 27.2 Å². The average Bonchev–Trinajstić information content (AvgIpc) is 3.11. The van der Waals surface area contributed by atoms with E-state index in [4.69, 9.17) is 17.3 Å². The van der Waals surface area contributed by atoms with Gasteiger partial charge in [-0.3, -0.25) is 9.69 Å². The number of amides is 1. The summed E-state index contributed by atoms with van der Waals surface area (Å²) >= 11 is 5.97. The van der Waals surface area contributed by atoms with Crippen LogP contribution in [-0.4, -0.2) is 60.3 Å². The van der Waals surface area contributed by atoms with Crippen LogP contribution in [0.1, 0.15) is 28.8 Å². The molecule has 0 bridgehead atoms. The van der Waals surface area contributed by atoms with Crippen molar-refractivity contribution in [3.05, 3.63) is 64.7 Å². The number of nitrogens with one attached hydrogen (secondary N) is 1. The summed E-state index contributed by atoms with van der Waals surface area (Å²) < 4.78 is 0. The summed E-state index contributed by atoms with van der Waals surface area (Å²) in [7, 11) is 0. The molecule has 2 aromatic carbocycles. The van der Waals surface area contributed by atoms with Crippen LogP contribution in [-0.2, 0) is 6.54 Å². The normalized spacial score (nSPS) is 23.1. The summed E-state index contributed by atoms with van der Waals surface area (Å²) in [4.78, 5) is 16.3. The molecule has 0 aliphatic carbocycles. The van der Waals surface area contributed by atoms with Crippen molar-refractivity contribution in [3.63, 3.8) is 0 Å². The molecule has 160 valence electrons. The Morgan fingerprint density at radius 2 is 1.80 bits per heavy atom. The van der Waals surface area contributed by atoms with Gasteiger partial charge >= 0.3 is 0 Å². The number of rotatable bonds is 6. The zero-order valence-electron chi connectivity index (χ0n) is 17.0. The molecule has 4 rings (SSSR count). The molecule has 30 heavy (non-hydrogen) atoms. The molecule has 0 spiro atoms. The van der Waals surface area contributed by atoms with E-state index in [9.17, 15) is 9.90 Å². The first-order valence-electron chi connectivity index (χ1n) is 10.5. The van der Waals surface area contributed by atoms with Gasteiger partial charge in [0.15, 0.2) is 0 Å². The van der Waals surface area contributed by atoms with Crippen molar-refractivity contribution >= 4 is 23.2 Å². The minimum absolute atomic E-state index is 0.0150. The molecule has 2 unspecified atom stereocenters. The van der Waals surface area contributed by atoms with Crippen molar-refractivity contribution in [2.24, 2.45) is 5.73 Å². The number of primary amides is 1. The van der Waals surface area contributed by atoms with Crippen LogP contribution in [0.2, 0.25) is 5.02 Å². The number of β-amino-alcohol motifs (C(OH)–C–C–N with tert-alkyl or cyclic N) is 1. The monoisotopic (exact) mass is 428 g/mol. The molecule has 2 fully saturated rings. The lowest BCUT2D eigenvalue weighted by Gasteiger charge is -2.34. The second-order valence-corrected chi connectivity index (χ2v) is 8.74. The number of halogens is 1. The maximum absolute atomic E-state index is 11.7. The third-order valence-electron chi connectivity index (χ3n) is 6.16. The Kier molecular flexibility index (Phi) is 6.58. The Hall–Kier alpha value is -2.12. The molecular weight excluding hydrogens is 400 g/mol. The maximum Gasteiger partial charge on any atom is 0.250 e. The first-order valence-corrected chi connectivity index (χ1v) is 10.9. The molecule has 0 radical (unpaired) electrons. The molecule has 6 nitrogen and oxygen atoms in total. The number of hydrogen-bond donors (Lipinski definition) is 3. The first-order chi connectivity index (χ1) is 14.5. The number of carbonyl (C=O) groups excluding carboxylic acids is 1. The van der Waals surface area contributed by atoms with Crippen molar-refractivity contribution in [2.45, 2.75) is 37.6 Å². The van der Waals surface area contributed by atoms with Crippen molar-refractivity contribution in [1.82, 2.24) is 10.2 Å². The zero-order chi connectivity index (χ0) is 21.1. The number of nitrogens with zero attached hydrogens (tertiary/aromatic N) is 2. The highest BCUT2D eigenvalue weighted by molar-refractivity contribution is 6.30. The van der Waals surface area contributed by atoms with E-state index in [1.807, 2.05) is 30.3 Å². The molecule has 2 aliphatic heterocycles. The van der Waals surface area contributed by atoms with Crippen molar-refractivity contribution < 1.29 is 9.90 Å². The predicted octanol–water partition coefficient (Wildman–Crippen LogP) is 2.24. The number of para-hydroxylation sites is 1. The molecule has 7 heteroatoms. The summed E-state index contributed by atoms with van der Waals surface area (Å²) in [5.74, 6) is -0.440. The summed E-state index contributed by atoms with van der Waals surface area (Å²) in [6.07, 6.45) is 1.63. The number of likely N-dealkylation sites (tertiary alicyclic amines) is 1. The highest BCUT2D eigenvalue weighted by atomic mass is 35.5. The lowest BCUT2D eigenvalue weighted by atomic mass is 10.0. The summed E-state index contributed by atoms with van der Waals surface area (Å²) in [6.45, 7) is 4.15. The second-order valence-electron chi connectivity index (χ2n) is 8.30. The molecule has 0 saturated carbocycles. The van der Waals surface area contributed by atoms with Crippen LogP contribution in [0.5, 0.6) is 0 Å². The third kappa shape index (κ3) is 4.95. The molecule has 2 saturated heterocycles. The molecule has 0 aromatic heterocycles. The highest BCUT2D eigenvalue weighted by Gasteiger charge is 2.34. The van der Waals surface area contributed by atoms with Gasteiger partial charge in [0.1, 0.15) is 0 Å². The van der Waals surface area contributed by atoms with Gasteiger partial charge in [-0.1, -0.05) is 35.9 Å². The fraction of sp³-hybridized carbons (Fsp3) is 0.435. The lowest BCUT2D eigenvalue weighted by Crippen LogP contribution is -2.49. The van der Waals surface area contributed by atoms with E-state index >= 15 is 0 Å². The van der Waals surface area contributed by atoms with Crippen LogP contribution in [0.4, 0.5) is 5.69 Å². The fourth-order valence-electron chi connectivity index (χ4n) is 4.51. The van der Waals surface area contributed by atoms with E-state index < -0.39 is 12.0 Å². The number of piperidine rings is 1. The van der Waals surface area contributed by atoms with Gasteiger partial charge in [-0.2, -0.15) is 0 Å². The summed E-state index contributed by atoms with van der Waals surface area (Å²) in [5, 5.41) is 15.0. The smallest absolute Gasteiger partial charge is 0.250 e. The molecule has 2 atom stereocenters. The fourth-order valence-corrected chi connectivity index (χ4v) is 4.64. The van der Waals surface area contributed by atoms with Crippen LogP contribution in [0, 0.1) is 0 Å². The molecule has 2 aromatic rings. The summed E-state index contributed by atoms with van der Waals surface area (Å²) in [6, 6.07) is 15.8. The Labute approximate surface area is 182 Å². The van der Waals surface area contributed by atoms with E-state index in [1.54, 1.807) is 6.07 Å². The SMILES string of the molecule is NC(=O)c1ccccc1N1CC(O)C(NC2CCN(Cc3ccc(Cl)cc3)CC2)C1. The number of hydrogen-bond acceptors (Lipinski definition) is 5. The Morgan fingerprint density at radius 1 is 1.10 bits per heavy atom. The quantitative estimate of drug-likeness (QED) is 0.657. The molecule has 1 amide bonds. The third-order valence-corrected chi connectivity index (χ3v) is 6.41. The highest BCUT2D eigenvalue weighted by Crippen LogP contribution is 2.25. The van der Waals surface area contributed by atoms with Crippen molar-refractivity contribution in [1.29, 1.82) is 0 Å². The minimum Gasteiger partial charge on any atom is -0.390 e. The Bertz CT molecular complexity index is 868. The van der Waals surface area contributed by atoms with E-state index in [0.29, 0.717) is 24.7 Å². The van der Waals surface area contributed by atoms with Crippen LogP contribution < -0.4 is 16.0 Å². The van der Waals surface area contributed by atoms with Gasteiger partial charge in [0.05, 0.1) is 17.7 Å². The van der Waals surface area contributed by atoms with Crippen molar-refractivity contribution in [2.75, 3.05) is 31.1 Å². The number of aliphatic hydroxyl groups is 1. The largest absolute Gasteiger partial charge is 0.390 e. The van der Waals surface area contributed by atoms with Crippen LogP contribution in [0.15, 0.2) is 48.5 Å². The molecule has 2 heterocycles. The average molecular weight is 429 g/mol. The lowest BCUT2D eigenvalue weighted by molar-refractivity contribution is 0.100. The van der Waals surface area contributed by atoms with Crippen molar-refractivity contribution in [3.8, 4) is 0 Å². The minimum atomic E-state index is -0.474. The van der Waals surface area contributed by atoms with E-state index in [1.165, 1.54) is 5.56 Å². The molecular formula is C23H29ClN4O2. The predicted molar refractivity (Wildman–Crippen MR) is 120 cm³/mol. The maximum atomic E-state index is 11.7. The van der Waals surface area contributed by atoms with Gasteiger partial charge in [0.2, 0.25) is 0 Å². The van der Waals surface area contributed by atoms with Gasteiger partial charge in [-0.15, -0.1) is 0 Å². The number of anilines is 1. The summed E-state index contributed by atoms with van der Waals surface area (Å²) in [5.41, 5.74) is 8.10. The van der Waals surface area contributed by atoms with Gasteiger partial charge in [-0.25, -0.2) is 0 Å². The van der Waals surface area contributed by atoms with Crippen LogP contribution in [0.25, 0.3) is 0 Å². The second kappa shape index (κ2) is 9.35.